The molecular weight excluding hydrogens is 330 g/mol. The van der Waals surface area contributed by atoms with Crippen LogP contribution in [0.3, 0.4) is 0 Å². The van der Waals surface area contributed by atoms with Gasteiger partial charge in [-0.2, -0.15) is 0 Å². The number of H-pyrrole nitrogens is 1. The van der Waals surface area contributed by atoms with E-state index >= 15 is 0 Å². The van der Waals surface area contributed by atoms with Crippen molar-refractivity contribution in [2.75, 3.05) is 14.2 Å². The van der Waals surface area contributed by atoms with Crippen LogP contribution in [-0.2, 0) is 13.1 Å². The topological polar surface area (TPSA) is 97.5 Å². The average Bonchev–Trinajstić information content (AvgIpc) is 3.09. The van der Waals surface area contributed by atoms with Crippen molar-refractivity contribution in [2.24, 2.45) is 10.7 Å². The maximum atomic E-state index is 5.96. The molecule has 0 radical (unpaired) electrons. The van der Waals surface area contributed by atoms with E-state index in [4.69, 9.17) is 15.2 Å². The molecule has 0 amide bonds. The number of aryl methyl sites for hydroxylation is 1. The van der Waals surface area contributed by atoms with E-state index in [1.54, 1.807) is 14.2 Å². The fourth-order valence-electron chi connectivity index (χ4n) is 2.70. The van der Waals surface area contributed by atoms with Gasteiger partial charge in [-0.25, -0.2) is 9.98 Å². The van der Waals surface area contributed by atoms with Crippen molar-refractivity contribution in [1.29, 1.82) is 0 Å². The first kappa shape index (κ1) is 17.6. The molecule has 3 aromatic rings. The van der Waals surface area contributed by atoms with Crippen molar-refractivity contribution in [3.05, 3.63) is 53.3 Å². The van der Waals surface area contributed by atoms with Crippen LogP contribution in [0.5, 0.6) is 11.5 Å². The van der Waals surface area contributed by atoms with Crippen LogP contribution in [0.25, 0.3) is 11.0 Å². The van der Waals surface area contributed by atoms with E-state index in [0.29, 0.717) is 30.5 Å². The minimum absolute atomic E-state index is 0.358. The number of guanidine groups is 1. The SMILES string of the molecule is COc1ccc(CN=C(N)NCc2nc3c(C)cccc3[nH]2)cc1OC. The number of hydrogen-bond donors (Lipinski definition) is 3. The number of nitrogens with two attached hydrogens (primary N) is 1. The highest BCUT2D eigenvalue weighted by Gasteiger charge is 2.06. The summed E-state index contributed by atoms with van der Waals surface area (Å²) in [5, 5.41) is 3.08. The van der Waals surface area contributed by atoms with E-state index < -0.39 is 0 Å². The minimum Gasteiger partial charge on any atom is -0.493 e. The molecule has 4 N–H and O–H groups in total. The first-order valence-electron chi connectivity index (χ1n) is 8.29. The summed E-state index contributed by atoms with van der Waals surface area (Å²) in [4.78, 5) is 12.2. The molecule has 3 rings (SSSR count). The largest absolute Gasteiger partial charge is 0.493 e. The number of methoxy groups -OCH3 is 2. The number of nitrogens with one attached hydrogen (secondary N) is 2. The quantitative estimate of drug-likeness (QED) is 0.467. The van der Waals surface area contributed by atoms with Gasteiger partial charge in [-0.1, -0.05) is 18.2 Å². The first-order valence-corrected chi connectivity index (χ1v) is 8.29. The monoisotopic (exact) mass is 353 g/mol. The minimum atomic E-state index is 0.358. The van der Waals surface area contributed by atoms with E-state index in [1.165, 1.54) is 0 Å². The van der Waals surface area contributed by atoms with E-state index in [1.807, 2.05) is 43.3 Å². The Morgan fingerprint density at radius 2 is 2.00 bits per heavy atom. The Bertz CT molecular complexity index is 933. The second kappa shape index (κ2) is 7.77. The van der Waals surface area contributed by atoms with Crippen LogP contribution in [0.15, 0.2) is 41.4 Å². The zero-order valence-electron chi connectivity index (χ0n) is 15.2. The van der Waals surface area contributed by atoms with Gasteiger partial charge in [0.2, 0.25) is 0 Å². The van der Waals surface area contributed by atoms with Crippen LogP contribution in [-0.4, -0.2) is 30.1 Å². The highest BCUT2D eigenvalue weighted by Crippen LogP contribution is 2.27. The Morgan fingerprint density at radius 3 is 2.73 bits per heavy atom. The highest BCUT2D eigenvalue weighted by molar-refractivity contribution is 5.79. The molecule has 7 nitrogen and oxygen atoms in total. The van der Waals surface area contributed by atoms with Gasteiger partial charge in [-0.05, 0) is 36.2 Å². The van der Waals surface area contributed by atoms with Gasteiger partial charge in [0.05, 0.1) is 38.3 Å². The van der Waals surface area contributed by atoms with E-state index in [2.05, 4.69) is 20.3 Å². The zero-order valence-corrected chi connectivity index (χ0v) is 15.2. The van der Waals surface area contributed by atoms with E-state index in [-0.39, 0.29) is 0 Å². The molecule has 1 aromatic heterocycles. The average molecular weight is 353 g/mol. The third-order valence-electron chi connectivity index (χ3n) is 4.08. The Kier molecular flexibility index (Phi) is 5.26. The molecule has 0 bridgehead atoms. The number of aromatic amines is 1. The Labute approximate surface area is 152 Å². The highest BCUT2D eigenvalue weighted by atomic mass is 16.5. The zero-order chi connectivity index (χ0) is 18.5. The number of fused-ring (bicyclic) bond motifs is 1. The molecule has 0 atom stereocenters. The lowest BCUT2D eigenvalue weighted by Crippen LogP contribution is -2.31. The lowest BCUT2D eigenvalue weighted by Gasteiger charge is -2.09. The van der Waals surface area contributed by atoms with Crippen molar-refractivity contribution in [3.63, 3.8) is 0 Å². The van der Waals surface area contributed by atoms with Crippen molar-refractivity contribution in [3.8, 4) is 11.5 Å². The molecule has 2 aromatic carbocycles. The lowest BCUT2D eigenvalue weighted by molar-refractivity contribution is 0.354. The van der Waals surface area contributed by atoms with Crippen LogP contribution in [0, 0.1) is 6.92 Å². The maximum Gasteiger partial charge on any atom is 0.189 e. The Morgan fingerprint density at radius 1 is 1.19 bits per heavy atom. The van der Waals surface area contributed by atoms with Gasteiger partial charge >= 0.3 is 0 Å². The lowest BCUT2D eigenvalue weighted by atomic mass is 10.2. The number of rotatable bonds is 6. The van der Waals surface area contributed by atoms with Gasteiger partial charge in [0.25, 0.3) is 0 Å². The van der Waals surface area contributed by atoms with Crippen molar-refractivity contribution < 1.29 is 9.47 Å². The summed E-state index contributed by atoms with van der Waals surface area (Å²) in [6.07, 6.45) is 0. The fraction of sp³-hybridized carbons (Fsp3) is 0.263. The standard InChI is InChI=1S/C19H23N5O2/c1-12-5-4-6-14-18(12)24-17(23-14)11-22-19(20)21-10-13-7-8-15(25-2)16(9-13)26-3/h4-9H,10-11H2,1-3H3,(H,23,24)(H3,20,21,22). The summed E-state index contributed by atoms with van der Waals surface area (Å²) in [6, 6.07) is 11.7. The Balaban J connectivity index is 1.62. The van der Waals surface area contributed by atoms with Crippen LogP contribution in [0.2, 0.25) is 0 Å². The molecule has 0 spiro atoms. The third kappa shape index (κ3) is 3.88. The van der Waals surface area contributed by atoms with Crippen molar-refractivity contribution >= 4 is 17.0 Å². The van der Waals surface area contributed by atoms with E-state index in [0.717, 1.165) is 28.0 Å². The molecule has 0 aliphatic rings. The molecule has 7 heteroatoms. The molecule has 0 saturated carbocycles. The number of ether oxygens (including phenoxy) is 2. The van der Waals surface area contributed by atoms with E-state index in [9.17, 15) is 0 Å². The number of para-hydroxylation sites is 1. The Hall–Kier alpha value is -3.22. The van der Waals surface area contributed by atoms with Crippen LogP contribution < -0.4 is 20.5 Å². The summed E-state index contributed by atoms with van der Waals surface area (Å²) in [5.74, 6) is 2.53. The molecule has 0 saturated heterocycles. The van der Waals surface area contributed by atoms with Crippen molar-refractivity contribution in [1.82, 2.24) is 15.3 Å². The molecular formula is C19H23N5O2. The second-order valence-electron chi connectivity index (χ2n) is 5.90. The van der Waals surface area contributed by atoms with Crippen LogP contribution in [0.1, 0.15) is 17.0 Å². The second-order valence-corrected chi connectivity index (χ2v) is 5.90. The van der Waals surface area contributed by atoms with Gasteiger partial charge in [-0.15, -0.1) is 0 Å². The predicted molar refractivity (Wildman–Crippen MR) is 103 cm³/mol. The maximum absolute atomic E-state index is 5.96. The molecule has 1 heterocycles. The molecule has 0 aliphatic heterocycles. The number of imidazole rings is 1. The van der Waals surface area contributed by atoms with Gasteiger partial charge in [0, 0.05) is 0 Å². The smallest absolute Gasteiger partial charge is 0.189 e. The van der Waals surface area contributed by atoms with Crippen LogP contribution in [0.4, 0.5) is 0 Å². The third-order valence-corrected chi connectivity index (χ3v) is 4.08. The number of hydrogen-bond acceptors (Lipinski definition) is 4. The molecule has 0 aliphatic carbocycles. The summed E-state index contributed by atoms with van der Waals surface area (Å²) in [7, 11) is 3.22. The number of benzene rings is 2. The summed E-state index contributed by atoms with van der Waals surface area (Å²) in [5.41, 5.74) is 10.1. The number of aliphatic imine (C=N–C) groups is 1. The summed E-state index contributed by atoms with van der Waals surface area (Å²) >= 11 is 0. The predicted octanol–water partition coefficient (Wildman–Crippen LogP) is 2.49. The fourth-order valence-corrected chi connectivity index (χ4v) is 2.70. The number of aromatic nitrogens is 2. The number of nitrogens with zero attached hydrogens (tertiary/aromatic N) is 2. The van der Waals surface area contributed by atoms with Gasteiger partial charge < -0.3 is 25.5 Å². The van der Waals surface area contributed by atoms with Crippen LogP contribution >= 0.6 is 0 Å². The molecule has 0 fully saturated rings. The molecule has 0 unspecified atom stereocenters. The van der Waals surface area contributed by atoms with Gasteiger partial charge in [-0.3, -0.25) is 0 Å². The van der Waals surface area contributed by atoms with Gasteiger partial charge in [0.1, 0.15) is 5.82 Å². The summed E-state index contributed by atoms with van der Waals surface area (Å²) in [6.45, 7) is 2.97. The van der Waals surface area contributed by atoms with Gasteiger partial charge in [0.15, 0.2) is 17.5 Å². The molecule has 26 heavy (non-hydrogen) atoms. The first-order chi connectivity index (χ1) is 12.6. The van der Waals surface area contributed by atoms with Crippen molar-refractivity contribution in [2.45, 2.75) is 20.0 Å². The summed E-state index contributed by atoms with van der Waals surface area (Å²) < 4.78 is 10.5. The molecule has 136 valence electrons. The normalized spacial score (nSPS) is 11.6.